The van der Waals surface area contributed by atoms with E-state index in [9.17, 15) is 0 Å². The first-order chi connectivity index (χ1) is 4.72. The highest BCUT2D eigenvalue weighted by molar-refractivity contribution is 5.17. The fraction of sp³-hybridized carbons (Fsp3) is 0.429. The van der Waals surface area contributed by atoms with Crippen molar-refractivity contribution in [2.75, 3.05) is 0 Å². The van der Waals surface area contributed by atoms with E-state index in [1.165, 1.54) is 6.33 Å². The first-order valence-electron chi connectivity index (χ1n) is 3.24. The van der Waals surface area contributed by atoms with E-state index in [0.29, 0.717) is 0 Å². The van der Waals surface area contributed by atoms with E-state index in [1.807, 2.05) is 13.8 Å². The first kappa shape index (κ1) is 7.15. The van der Waals surface area contributed by atoms with Crippen LogP contribution < -0.4 is 5.73 Å². The number of rotatable bonds is 1. The molecule has 1 aromatic rings. The van der Waals surface area contributed by atoms with Gasteiger partial charge in [-0.25, -0.2) is 9.97 Å². The Morgan fingerprint density at radius 3 is 2.70 bits per heavy atom. The van der Waals surface area contributed by atoms with Crippen LogP contribution in [0.25, 0.3) is 0 Å². The summed E-state index contributed by atoms with van der Waals surface area (Å²) in [5.41, 5.74) is 7.61. The van der Waals surface area contributed by atoms with E-state index in [0.717, 1.165) is 11.3 Å². The molecule has 0 saturated carbocycles. The second kappa shape index (κ2) is 2.75. The van der Waals surface area contributed by atoms with E-state index in [4.69, 9.17) is 5.73 Å². The lowest BCUT2D eigenvalue weighted by atomic mass is 10.1. The van der Waals surface area contributed by atoms with Crippen LogP contribution in [0.5, 0.6) is 0 Å². The van der Waals surface area contributed by atoms with Crippen LogP contribution in [0.4, 0.5) is 0 Å². The molecule has 0 radical (unpaired) electrons. The van der Waals surface area contributed by atoms with Gasteiger partial charge in [-0.1, -0.05) is 0 Å². The molecule has 0 aliphatic rings. The molecule has 0 spiro atoms. The Hall–Kier alpha value is -0.960. The quantitative estimate of drug-likeness (QED) is 0.623. The predicted octanol–water partition coefficient (Wildman–Crippen LogP) is 0.805. The maximum absolute atomic E-state index is 5.63. The minimum atomic E-state index is 0.0289. The van der Waals surface area contributed by atoms with Gasteiger partial charge in [-0.3, -0.25) is 0 Å². The van der Waals surface area contributed by atoms with Crippen LogP contribution in [0.3, 0.4) is 0 Å². The molecule has 1 atom stereocenters. The number of nitrogens with two attached hydrogens (primary N) is 1. The molecule has 0 saturated heterocycles. The molecule has 0 aliphatic heterocycles. The Kier molecular flexibility index (Phi) is 1.97. The molecule has 0 unspecified atom stereocenters. The standard InChI is InChI=1S/C7H11N3/c1-5(8)7-3-9-4-10-6(7)2/h3-5H,8H2,1-2H3/t5-/m0/s1. The maximum atomic E-state index is 5.63. The third-order valence-electron chi connectivity index (χ3n) is 1.44. The van der Waals surface area contributed by atoms with Gasteiger partial charge in [-0.15, -0.1) is 0 Å². The average molecular weight is 137 g/mol. The molecule has 54 valence electrons. The summed E-state index contributed by atoms with van der Waals surface area (Å²) in [6.45, 7) is 3.85. The van der Waals surface area contributed by atoms with E-state index in [-0.39, 0.29) is 6.04 Å². The van der Waals surface area contributed by atoms with Gasteiger partial charge >= 0.3 is 0 Å². The number of hydrogen-bond donors (Lipinski definition) is 1. The third kappa shape index (κ3) is 1.30. The highest BCUT2D eigenvalue weighted by Crippen LogP contribution is 2.09. The number of aryl methyl sites for hydroxylation is 1. The van der Waals surface area contributed by atoms with E-state index in [2.05, 4.69) is 9.97 Å². The third-order valence-corrected chi connectivity index (χ3v) is 1.44. The zero-order valence-corrected chi connectivity index (χ0v) is 6.20. The zero-order valence-electron chi connectivity index (χ0n) is 6.20. The van der Waals surface area contributed by atoms with Crippen molar-refractivity contribution in [3.63, 3.8) is 0 Å². The Morgan fingerprint density at radius 1 is 1.60 bits per heavy atom. The topological polar surface area (TPSA) is 51.8 Å². The Balaban J connectivity index is 3.03. The molecule has 0 aromatic carbocycles. The van der Waals surface area contributed by atoms with Gasteiger partial charge in [0.05, 0.1) is 0 Å². The van der Waals surface area contributed by atoms with Gasteiger partial charge in [0.2, 0.25) is 0 Å². The van der Waals surface area contributed by atoms with Crippen molar-refractivity contribution in [1.82, 2.24) is 9.97 Å². The van der Waals surface area contributed by atoms with E-state index in [1.54, 1.807) is 6.20 Å². The van der Waals surface area contributed by atoms with Crippen LogP contribution in [0.15, 0.2) is 12.5 Å². The van der Waals surface area contributed by atoms with E-state index >= 15 is 0 Å². The fourth-order valence-corrected chi connectivity index (χ4v) is 0.849. The Bertz CT molecular complexity index is 220. The molecule has 10 heavy (non-hydrogen) atoms. The molecule has 3 heteroatoms. The maximum Gasteiger partial charge on any atom is 0.115 e. The average Bonchev–Trinajstić information content (AvgIpc) is 1.88. The largest absolute Gasteiger partial charge is 0.324 e. The van der Waals surface area contributed by atoms with Crippen molar-refractivity contribution < 1.29 is 0 Å². The molecular formula is C7H11N3. The first-order valence-corrected chi connectivity index (χ1v) is 3.24. The summed E-state index contributed by atoms with van der Waals surface area (Å²) in [5.74, 6) is 0. The summed E-state index contributed by atoms with van der Waals surface area (Å²) >= 11 is 0. The summed E-state index contributed by atoms with van der Waals surface area (Å²) in [5, 5.41) is 0. The summed E-state index contributed by atoms with van der Waals surface area (Å²) in [6, 6.07) is 0.0289. The Labute approximate surface area is 60.3 Å². The summed E-state index contributed by atoms with van der Waals surface area (Å²) in [6.07, 6.45) is 3.29. The zero-order chi connectivity index (χ0) is 7.56. The molecule has 2 N–H and O–H groups in total. The van der Waals surface area contributed by atoms with Crippen molar-refractivity contribution in [2.24, 2.45) is 5.73 Å². The smallest absolute Gasteiger partial charge is 0.115 e. The van der Waals surface area contributed by atoms with Crippen molar-refractivity contribution >= 4 is 0 Å². The minimum absolute atomic E-state index is 0.0289. The molecule has 0 fully saturated rings. The molecule has 0 amide bonds. The lowest BCUT2D eigenvalue weighted by molar-refractivity contribution is 0.789. The molecule has 1 heterocycles. The second-order valence-corrected chi connectivity index (χ2v) is 2.35. The second-order valence-electron chi connectivity index (χ2n) is 2.35. The Morgan fingerprint density at radius 2 is 2.30 bits per heavy atom. The van der Waals surface area contributed by atoms with Crippen molar-refractivity contribution in [3.8, 4) is 0 Å². The fourth-order valence-electron chi connectivity index (χ4n) is 0.849. The van der Waals surface area contributed by atoms with E-state index < -0.39 is 0 Å². The molecule has 0 bridgehead atoms. The van der Waals surface area contributed by atoms with Crippen LogP contribution in [-0.2, 0) is 0 Å². The van der Waals surface area contributed by atoms with Crippen LogP contribution in [-0.4, -0.2) is 9.97 Å². The summed E-state index contributed by atoms with van der Waals surface area (Å²) in [7, 11) is 0. The predicted molar refractivity (Wildman–Crippen MR) is 39.4 cm³/mol. The number of hydrogen-bond acceptors (Lipinski definition) is 3. The number of aromatic nitrogens is 2. The molecule has 1 rings (SSSR count). The SMILES string of the molecule is Cc1ncncc1[C@H](C)N. The summed E-state index contributed by atoms with van der Waals surface area (Å²) < 4.78 is 0. The monoisotopic (exact) mass is 137 g/mol. The lowest BCUT2D eigenvalue weighted by Crippen LogP contribution is -2.08. The highest BCUT2D eigenvalue weighted by Gasteiger charge is 2.02. The van der Waals surface area contributed by atoms with Gasteiger partial charge < -0.3 is 5.73 Å². The minimum Gasteiger partial charge on any atom is -0.324 e. The molecular weight excluding hydrogens is 126 g/mol. The molecule has 0 aliphatic carbocycles. The normalized spacial score (nSPS) is 13.1. The van der Waals surface area contributed by atoms with Crippen LogP contribution in [0.2, 0.25) is 0 Å². The van der Waals surface area contributed by atoms with Crippen LogP contribution in [0, 0.1) is 6.92 Å². The van der Waals surface area contributed by atoms with Crippen molar-refractivity contribution in [2.45, 2.75) is 19.9 Å². The number of nitrogens with zero attached hydrogens (tertiary/aromatic N) is 2. The van der Waals surface area contributed by atoms with Crippen LogP contribution >= 0.6 is 0 Å². The molecule has 3 nitrogen and oxygen atoms in total. The molecule has 1 aromatic heterocycles. The van der Waals surface area contributed by atoms with Gasteiger partial charge in [0.1, 0.15) is 6.33 Å². The van der Waals surface area contributed by atoms with Gasteiger partial charge in [0.15, 0.2) is 0 Å². The van der Waals surface area contributed by atoms with Gasteiger partial charge in [-0.05, 0) is 13.8 Å². The van der Waals surface area contributed by atoms with Gasteiger partial charge in [0, 0.05) is 23.5 Å². The van der Waals surface area contributed by atoms with Crippen molar-refractivity contribution in [1.29, 1.82) is 0 Å². The summed E-state index contributed by atoms with van der Waals surface area (Å²) in [4.78, 5) is 7.88. The lowest BCUT2D eigenvalue weighted by Gasteiger charge is -2.05. The van der Waals surface area contributed by atoms with Crippen molar-refractivity contribution in [3.05, 3.63) is 23.8 Å². The van der Waals surface area contributed by atoms with Gasteiger partial charge in [-0.2, -0.15) is 0 Å². The highest BCUT2D eigenvalue weighted by atomic mass is 14.8. The van der Waals surface area contributed by atoms with Crippen LogP contribution in [0.1, 0.15) is 24.2 Å². The van der Waals surface area contributed by atoms with Gasteiger partial charge in [0.25, 0.3) is 0 Å².